The van der Waals surface area contributed by atoms with Gasteiger partial charge in [-0.05, 0) is 18.2 Å². The van der Waals surface area contributed by atoms with Gasteiger partial charge in [0.25, 0.3) is 0 Å². The first-order valence-electron chi connectivity index (χ1n) is 6.27. The van der Waals surface area contributed by atoms with E-state index in [9.17, 15) is 8.42 Å². The molecule has 0 aliphatic rings. The average molecular weight is 385 g/mol. The van der Waals surface area contributed by atoms with E-state index in [1.807, 2.05) is 27.9 Å². The van der Waals surface area contributed by atoms with Gasteiger partial charge in [0.15, 0.2) is 0 Å². The Morgan fingerprint density at radius 2 is 1.95 bits per heavy atom. The standard InChI is InChI=1S/C13H20BrClN2O2S/c1-13(2,9-17(3)4)8-16-20(18,19)12-6-5-10(14)7-11(12)15/h5-7,16H,8-9H2,1-4H3/p+1. The maximum atomic E-state index is 12.3. The third kappa shape index (κ3) is 5.33. The SMILES string of the molecule is C[NH+](C)CC(C)(C)CNS(=O)(=O)c1ccc(Br)cc1Cl. The zero-order valence-electron chi connectivity index (χ0n) is 12.1. The van der Waals surface area contributed by atoms with E-state index in [1.54, 1.807) is 12.1 Å². The molecule has 2 N–H and O–H groups in total. The summed E-state index contributed by atoms with van der Waals surface area (Å²) in [7, 11) is 0.498. The zero-order valence-corrected chi connectivity index (χ0v) is 15.3. The van der Waals surface area contributed by atoms with Crippen LogP contribution >= 0.6 is 27.5 Å². The van der Waals surface area contributed by atoms with Crippen LogP contribution in [0.4, 0.5) is 0 Å². The minimum absolute atomic E-state index is 0.107. The molecule has 0 spiro atoms. The number of benzene rings is 1. The monoisotopic (exact) mass is 383 g/mol. The highest BCUT2D eigenvalue weighted by Crippen LogP contribution is 2.25. The molecule has 0 atom stereocenters. The number of halogens is 2. The molecule has 0 saturated heterocycles. The van der Waals surface area contributed by atoms with Gasteiger partial charge in [0.05, 0.1) is 25.7 Å². The van der Waals surface area contributed by atoms with Crippen LogP contribution in [0, 0.1) is 5.41 Å². The van der Waals surface area contributed by atoms with Crippen molar-refractivity contribution in [3.05, 3.63) is 27.7 Å². The molecule has 0 bridgehead atoms. The van der Waals surface area contributed by atoms with Crippen LogP contribution in [-0.2, 0) is 10.0 Å². The van der Waals surface area contributed by atoms with Crippen LogP contribution in [0.25, 0.3) is 0 Å². The molecule has 0 amide bonds. The Balaban J connectivity index is 2.85. The van der Waals surface area contributed by atoms with Gasteiger partial charge >= 0.3 is 0 Å². The van der Waals surface area contributed by atoms with E-state index in [0.29, 0.717) is 6.54 Å². The van der Waals surface area contributed by atoms with Gasteiger partial charge in [0.2, 0.25) is 10.0 Å². The van der Waals surface area contributed by atoms with E-state index in [2.05, 4.69) is 20.7 Å². The summed E-state index contributed by atoms with van der Waals surface area (Å²) in [5, 5.41) is 0.211. The van der Waals surface area contributed by atoms with Crippen LogP contribution in [-0.4, -0.2) is 35.6 Å². The van der Waals surface area contributed by atoms with Crippen molar-refractivity contribution >= 4 is 37.6 Å². The fourth-order valence-electron chi connectivity index (χ4n) is 2.08. The van der Waals surface area contributed by atoms with Crippen LogP contribution in [0.2, 0.25) is 5.02 Å². The minimum Gasteiger partial charge on any atom is -0.339 e. The maximum Gasteiger partial charge on any atom is 0.242 e. The molecule has 0 saturated carbocycles. The predicted octanol–water partition coefficient (Wildman–Crippen LogP) is 1.55. The smallest absolute Gasteiger partial charge is 0.242 e. The number of nitrogens with one attached hydrogen (secondary N) is 2. The maximum absolute atomic E-state index is 12.3. The summed E-state index contributed by atoms with van der Waals surface area (Å²) in [4.78, 5) is 1.38. The number of sulfonamides is 1. The van der Waals surface area contributed by atoms with Gasteiger partial charge in [-0.2, -0.15) is 0 Å². The molecule has 0 aliphatic carbocycles. The first-order chi connectivity index (χ1) is 9.03. The van der Waals surface area contributed by atoms with Crippen molar-refractivity contribution < 1.29 is 13.3 Å². The average Bonchev–Trinajstić information content (AvgIpc) is 2.24. The van der Waals surface area contributed by atoms with Crippen molar-refractivity contribution in [1.82, 2.24) is 4.72 Å². The lowest BCUT2D eigenvalue weighted by Crippen LogP contribution is -3.07. The summed E-state index contributed by atoms with van der Waals surface area (Å²) in [6, 6.07) is 4.74. The fraction of sp³-hybridized carbons (Fsp3) is 0.538. The quantitative estimate of drug-likeness (QED) is 0.782. The first kappa shape index (κ1) is 17.9. The highest BCUT2D eigenvalue weighted by Gasteiger charge is 2.26. The molecule has 4 nitrogen and oxygen atoms in total. The van der Waals surface area contributed by atoms with Gasteiger partial charge in [-0.25, -0.2) is 13.1 Å². The Morgan fingerprint density at radius 3 is 2.45 bits per heavy atom. The van der Waals surface area contributed by atoms with Crippen LogP contribution < -0.4 is 9.62 Å². The van der Waals surface area contributed by atoms with Gasteiger partial charge in [-0.1, -0.05) is 41.4 Å². The second kappa shape index (κ2) is 6.75. The van der Waals surface area contributed by atoms with Crippen molar-refractivity contribution in [2.24, 2.45) is 5.41 Å². The Bertz CT molecular complexity index is 574. The molecule has 0 radical (unpaired) electrons. The van der Waals surface area contributed by atoms with Crippen LogP contribution in [0.1, 0.15) is 13.8 Å². The topological polar surface area (TPSA) is 50.6 Å². The van der Waals surface area contributed by atoms with E-state index in [0.717, 1.165) is 11.0 Å². The highest BCUT2D eigenvalue weighted by atomic mass is 79.9. The third-order valence-electron chi connectivity index (χ3n) is 2.76. The van der Waals surface area contributed by atoms with Crippen molar-refractivity contribution in [2.75, 3.05) is 27.2 Å². The Kier molecular flexibility index (Phi) is 6.04. The van der Waals surface area contributed by atoms with Crippen LogP contribution in [0.15, 0.2) is 27.6 Å². The molecule has 1 aromatic carbocycles. The Labute approximate surface area is 134 Å². The van der Waals surface area contributed by atoms with Gasteiger partial charge in [0.1, 0.15) is 4.90 Å². The molecule has 114 valence electrons. The Morgan fingerprint density at radius 1 is 1.35 bits per heavy atom. The lowest BCUT2D eigenvalue weighted by molar-refractivity contribution is -0.865. The zero-order chi connectivity index (χ0) is 15.6. The lowest BCUT2D eigenvalue weighted by atomic mass is 9.93. The summed E-state index contributed by atoms with van der Waals surface area (Å²) >= 11 is 9.25. The normalized spacial score (nSPS) is 12.9. The second-order valence-corrected chi connectivity index (χ2v) is 9.01. The summed E-state index contributed by atoms with van der Waals surface area (Å²) in [6.07, 6.45) is 0. The summed E-state index contributed by atoms with van der Waals surface area (Å²) in [5.74, 6) is 0. The van der Waals surface area contributed by atoms with E-state index in [1.165, 1.54) is 11.0 Å². The van der Waals surface area contributed by atoms with Gasteiger partial charge in [-0.3, -0.25) is 0 Å². The van der Waals surface area contributed by atoms with E-state index in [-0.39, 0.29) is 15.3 Å². The number of hydrogen-bond donors (Lipinski definition) is 2. The van der Waals surface area contributed by atoms with Crippen LogP contribution in [0.3, 0.4) is 0 Å². The molecular formula is C13H21BrClN2O2S+. The molecule has 20 heavy (non-hydrogen) atoms. The fourth-order valence-corrected chi connectivity index (χ4v) is 4.36. The largest absolute Gasteiger partial charge is 0.339 e. The molecule has 1 aromatic rings. The first-order valence-corrected chi connectivity index (χ1v) is 8.93. The van der Waals surface area contributed by atoms with Gasteiger partial charge in [-0.15, -0.1) is 0 Å². The number of quaternary nitrogens is 1. The van der Waals surface area contributed by atoms with Gasteiger partial charge in [0, 0.05) is 16.4 Å². The highest BCUT2D eigenvalue weighted by molar-refractivity contribution is 9.10. The number of hydrogen-bond acceptors (Lipinski definition) is 2. The molecule has 0 aromatic heterocycles. The lowest BCUT2D eigenvalue weighted by Gasteiger charge is -2.26. The summed E-state index contributed by atoms with van der Waals surface area (Å²) in [6.45, 7) is 5.30. The molecule has 0 aliphatic heterocycles. The van der Waals surface area contributed by atoms with Gasteiger partial charge < -0.3 is 4.90 Å². The van der Waals surface area contributed by atoms with E-state index in [4.69, 9.17) is 11.6 Å². The molecule has 7 heteroatoms. The van der Waals surface area contributed by atoms with Crippen molar-refractivity contribution in [3.8, 4) is 0 Å². The molecule has 0 heterocycles. The van der Waals surface area contributed by atoms with Crippen LogP contribution in [0.5, 0.6) is 0 Å². The minimum atomic E-state index is -3.59. The molecule has 0 fully saturated rings. The summed E-state index contributed by atoms with van der Waals surface area (Å²) < 4.78 is 27.9. The van der Waals surface area contributed by atoms with Crippen molar-refractivity contribution in [3.63, 3.8) is 0 Å². The Hall–Kier alpha value is -0.140. The number of rotatable bonds is 6. The van der Waals surface area contributed by atoms with Crippen molar-refractivity contribution in [2.45, 2.75) is 18.7 Å². The predicted molar refractivity (Wildman–Crippen MR) is 85.8 cm³/mol. The summed E-state index contributed by atoms with van der Waals surface area (Å²) in [5.41, 5.74) is -0.131. The third-order valence-corrected chi connectivity index (χ3v) is 5.13. The molecule has 0 unspecified atom stereocenters. The molecular weight excluding hydrogens is 364 g/mol. The molecule has 1 rings (SSSR count). The van der Waals surface area contributed by atoms with E-state index >= 15 is 0 Å². The van der Waals surface area contributed by atoms with Crippen molar-refractivity contribution in [1.29, 1.82) is 0 Å². The van der Waals surface area contributed by atoms with E-state index < -0.39 is 10.0 Å². The second-order valence-electron chi connectivity index (χ2n) is 5.95.